The lowest BCUT2D eigenvalue weighted by Crippen LogP contribution is -2.41. The third-order valence-electron chi connectivity index (χ3n) is 5.69. The van der Waals surface area contributed by atoms with Gasteiger partial charge in [0.2, 0.25) is 5.91 Å². The molecule has 33 heavy (non-hydrogen) atoms. The predicted octanol–water partition coefficient (Wildman–Crippen LogP) is 5.95. The normalized spacial score (nSPS) is 12.4. The van der Waals surface area contributed by atoms with Crippen LogP contribution in [0.25, 0.3) is 0 Å². The molecule has 0 aliphatic heterocycles. The molecule has 0 aromatic heterocycles. The van der Waals surface area contributed by atoms with Crippen molar-refractivity contribution in [2.24, 2.45) is 11.3 Å². The lowest BCUT2D eigenvalue weighted by Gasteiger charge is -2.33. The molecule has 0 bridgehead atoms. The van der Waals surface area contributed by atoms with Gasteiger partial charge in [-0.05, 0) is 66.3 Å². The molecule has 0 spiro atoms. The average Bonchev–Trinajstić information content (AvgIpc) is 2.70. The summed E-state index contributed by atoms with van der Waals surface area (Å²) in [4.78, 5) is 29.7. The van der Waals surface area contributed by atoms with Crippen molar-refractivity contribution in [3.8, 4) is 0 Å². The summed E-state index contributed by atoms with van der Waals surface area (Å²) in [5.41, 5.74) is 2.94. The van der Waals surface area contributed by atoms with Crippen molar-refractivity contribution >= 4 is 23.2 Å². The molecule has 0 heterocycles. The maximum Gasteiger partial charge on any atom is 0.254 e. The molecule has 1 atom stereocenters. The monoisotopic (exact) mass is 455 g/mol. The summed E-state index contributed by atoms with van der Waals surface area (Å²) in [5, 5.41) is 2.99. The SMILES string of the molecule is CC(C)C(C)N(Cc1cc(NC(=O)CC(C)(C)C)ccc1N(C)C)C(=O)c1ccc(F)cc1. The Labute approximate surface area is 198 Å². The molecule has 0 fully saturated rings. The van der Waals surface area contributed by atoms with Crippen LogP contribution in [0, 0.1) is 17.2 Å². The van der Waals surface area contributed by atoms with Gasteiger partial charge in [-0.25, -0.2) is 4.39 Å². The zero-order valence-corrected chi connectivity index (χ0v) is 21.2. The van der Waals surface area contributed by atoms with Crippen molar-refractivity contribution in [1.29, 1.82) is 0 Å². The van der Waals surface area contributed by atoms with E-state index in [1.165, 1.54) is 24.3 Å². The van der Waals surface area contributed by atoms with Gasteiger partial charge in [0, 0.05) is 50.0 Å². The lowest BCUT2D eigenvalue weighted by atomic mass is 9.92. The summed E-state index contributed by atoms with van der Waals surface area (Å²) in [7, 11) is 3.91. The minimum atomic E-state index is -0.372. The number of carbonyl (C=O) groups is 2. The van der Waals surface area contributed by atoms with Gasteiger partial charge in [-0.1, -0.05) is 34.6 Å². The van der Waals surface area contributed by atoms with E-state index in [0.717, 1.165) is 11.3 Å². The number of hydrogen-bond donors (Lipinski definition) is 1. The van der Waals surface area contributed by atoms with Crippen LogP contribution in [0.15, 0.2) is 42.5 Å². The molecule has 5 nitrogen and oxygen atoms in total. The van der Waals surface area contributed by atoms with E-state index in [-0.39, 0.29) is 35.0 Å². The molecular weight excluding hydrogens is 417 g/mol. The summed E-state index contributed by atoms with van der Waals surface area (Å²) in [6.07, 6.45) is 0.414. The first kappa shape index (κ1) is 26.4. The van der Waals surface area contributed by atoms with Crippen LogP contribution in [0.1, 0.15) is 63.9 Å². The van der Waals surface area contributed by atoms with Crippen LogP contribution >= 0.6 is 0 Å². The first-order valence-electron chi connectivity index (χ1n) is 11.4. The summed E-state index contributed by atoms with van der Waals surface area (Å²) >= 11 is 0. The third kappa shape index (κ3) is 7.58. The Balaban J connectivity index is 2.41. The van der Waals surface area contributed by atoms with E-state index < -0.39 is 0 Å². The van der Waals surface area contributed by atoms with E-state index in [1.807, 2.05) is 69.8 Å². The number of rotatable bonds is 8. The second-order valence-electron chi connectivity index (χ2n) is 10.4. The van der Waals surface area contributed by atoms with Crippen LogP contribution in [0.3, 0.4) is 0 Å². The Morgan fingerprint density at radius 2 is 1.61 bits per heavy atom. The molecule has 6 heteroatoms. The second-order valence-corrected chi connectivity index (χ2v) is 10.4. The Morgan fingerprint density at radius 3 is 2.12 bits per heavy atom. The fourth-order valence-corrected chi connectivity index (χ4v) is 3.62. The summed E-state index contributed by atoms with van der Waals surface area (Å²) < 4.78 is 13.4. The molecule has 1 unspecified atom stereocenters. The highest BCUT2D eigenvalue weighted by atomic mass is 19.1. The zero-order chi connectivity index (χ0) is 24.9. The molecule has 2 amide bonds. The largest absolute Gasteiger partial charge is 0.377 e. The standard InChI is InChI=1S/C27H38FN3O2/c1-18(2)19(3)31(26(33)20-9-11-22(28)12-10-20)17-21-15-23(13-14-24(21)30(7)8)29-25(32)16-27(4,5)6/h9-15,18-19H,16-17H2,1-8H3,(H,29,32). The van der Waals surface area contributed by atoms with Gasteiger partial charge in [0.15, 0.2) is 0 Å². The maximum absolute atomic E-state index is 13.4. The van der Waals surface area contributed by atoms with Crippen LogP contribution < -0.4 is 10.2 Å². The van der Waals surface area contributed by atoms with Crippen LogP contribution in [0.5, 0.6) is 0 Å². The number of hydrogen-bond acceptors (Lipinski definition) is 3. The van der Waals surface area contributed by atoms with Crippen molar-refractivity contribution in [3.05, 3.63) is 59.4 Å². The van der Waals surface area contributed by atoms with E-state index in [9.17, 15) is 14.0 Å². The lowest BCUT2D eigenvalue weighted by molar-refractivity contribution is -0.117. The third-order valence-corrected chi connectivity index (χ3v) is 5.69. The summed E-state index contributed by atoms with van der Waals surface area (Å²) in [6, 6.07) is 11.4. The summed E-state index contributed by atoms with van der Waals surface area (Å²) in [5.74, 6) is -0.334. The second kappa shape index (κ2) is 10.8. The molecule has 0 aliphatic carbocycles. The first-order chi connectivity index (χ1) is 15.3. The Morgan fingerprint density at radius 1 is 1.00 bits per heavy atom. The highest BCUT2D eigenvalue weighted by Crippen LogP contribution is 2.28. The van der Waals surface area contributed by atoms with Gasteiger partial charge in [0.25, 0.3) is 5.91 Å². The molecule has 2 aromatic carbocycles. The van der Waals surface area contributed by atoms with Gasteiger partial charge < -0.3 is 15.1 Å². The van der Waals surface area contributed by atoms with E-state index in [4.69, 9.17) is 0 Å². The number of nitrogens with zero attached hydrogens (tertiary/aromatic N) is 2. The van der Waals surface area contributed by atoms with Gasteiger partial charge in [-0.3, -0.25) is 9.59 Å². The predicted molar refractivity (Wildman–Crippen MR) is 134 cm³/mol. The zero-order valence-electron chi connectivity index (χ0n) is 21.2. The molecule has 0 saturated heterocycles. The molecular formula is C27H38FN3O2. The molecule has 2 rings (SSSR count). The van der Waals surface area contributed by atoms with E-state index >= 15 is 0 Å². The molecule has 180 valence electrons. The maximum atomic E-state index is 13.4. The molecule has 0 saturated carbocycles. The Hall–Kier alpha value is -2.89. The van der Waals surface area contributed by atoms with E-state index in [0.29, 0.717) is 24.2 Å². The van der Waals surface area contributed by atoms with Gasteiger partial charge in [0.05, 0.1) is 0 Å². The van der Waals surface area contributed by atoms with Crippen LogP contribution in [0.4, 0.5) is 15.8 Å². The average molecular weight is 456 g/mol. The van der Waals surface area contributed by atoms with Crippen molar-refractivity contribution in [2.75, 3.05) is 24.3 Å². The quantitative estimate of drug-likeness (QED) is 0.535. The van der Waals surface area contributed by atoms with Crippen LogP contribution in [0.2, 0.25) is 0 Å². The smallest absolute Gasteiger partial charge is 0.254 e. The fourth-order valence-electron chi connectivity index (χ4n) is 3.62. The number of amides is 2. The molecule has 1 N–H and O–H groups in total. The highest BCUT2D eigenvalue weighted by Gasteiger charge is 2.25. The number of benzene rings is 2. The molecule has 2 aromatic rings. The van der Waals surface area contributed by atoms with Gasteiger partial charge in [0.1, 0.15) is 5.82 Å². The van der Waals surface area contributed by atoms with Crippen molar-refractivity contribution in [3.63, 3.8) is 0 Å². The van der Waals surface area contributed by atoms with Gasteiger partial charge >= 0.3 is 0 Å². The van der Waals surface area contributed by atoms with Crippen LogP contribution in [-0.2, 0) is 11.3 Å². The van der Waals surface area contributed by atoms with Crippen molar-refractivity contribution in [1.82, 2.24) is 4.90 Å². The minimum absolute atomic E-state index is 0.0409. The number of halogens is 1. The first-order valence-corrected chi connectivity index (χ1v) is 11.4. The number of carbonyl (C=O) groups excluding carboxylic acids is 2. The number of anilines is 2. The number of nitrogens with one attached hydrogen (secondary N) is 1. The topological polar surface area (TPSA) is 52.7 Å². The van der Waals surface area contributed by atoms with Crippen molar-refractivity contribution in [2.45, 2.75) is 60.5 Å². The van der Waals surface area contributed by atoms with Gasteiger partial charge in [-0.2, -0.15) is 0 Å². The fraction of sp³-hybridized carbons (Fsp3) is 0.481. The minimum Gasteiger partial charge on any atom is -0.377 e. The van der Waals surface area contributed by atoms with Crippen molar-refractivity contribution < 1.29 is 14.0 Å². The van der Waals surface area contributed by atoms with Crippen LogP contribution in [-0.4, -0.2) is 36.9 Å². The van der Waals surface area contributed by atoms with E-state index in [1.54, 1.807) is 0 Å². The highest BCUT2D eigenvalue weighted by molar-refractivity contribution is 5.94. The molecule has 0 radical (unpaired) electrons. The summed E-state index contributed by atoms with van der Waals surface area (Å²) in [6.45, 7) is 12.6. The van der Waals surface area contributed by atoms with Gasteiger partial charge in [-0.15, -0.1) is 0 Å². The molecule has 0 aliphatic rings. The Bertz CT molecular complexity index is 962. The Kier molecular flexibility index (Phi) is 8.64. The van der Waals surface area contributed by atoms with E-state index in [2.05, 4.69) is 19.2 Å².